The first-order chi connectivity index (χ1) is 15.1. The summed E-state index contributed by atoms with van der Waals surface area (Å²) in [7, 11) is 0. The smallest absolute Gasteiger partial charge is 0.344 e. The van der Waals surface area contributed by atoms with Gasteiger partial charge in [0.25, 0.3) is 11.8 Å². The van der Waals surface area contributed by atoms with Gasteiger partial charge in [-0.25, -0.2) is 4.79 Å². The van der Waals surface area contributed by atoms with Gasteiger partial charge in [-0.2, -0.15) is 0 Å². The molecule has 7 nitrogen and oxygen atoms in total. The molecule has 1 aliphatic carbocycles. The Balaban J connectivity index is 1.25. The number of benzene rings is 3. The normalized spacial score (nSPS) is 12.8. The van der Waals surface area contributed by atoms with E-state index in [0.717, 1.165) is 23.6 Å². The zero-order valence-corrected chi connectivity index (χ0v) is 16.8. The van der Waals surface area contributed by atoms with Crippen LogP contribution in [0.3, 0.4) is 0 Å². The summed E-state index contributed by atoms with van der Waals surface area (Å²) >= 11 is 0. The standard InChI is InChI=1S/C24H22N2O5/c27-22(26-21-8-4-3-7-20(21)24(29)25-18-10-11-18)14-31-23(28)15-30-19-12-9-16-5-1-2-6-17(16)13-19/h1-9,12-13,18H,10-11,14-15H2,(H,25,29)(H,26,27). The number of amides is 2. The summed E-state index contributed by atoms with van der Waals surface area (Å²) in [6, 6.07) is 20.2. The number of anilines is 1. The molecule has 0 radical (unpaired) electrons. The molecule has 1 saturated carbocycles. The van der Waals surface area contributed by atoms with E-state index in [1.54, 1.807) is 30.3 Å². The number of nitrogens with one attached hydrogen (secondary N) is 2. The Labute approximate surface area is 179 Å². The predicted molar refractivity (Wildman–Crippen MR) is 116 cm³/mol. The van der Waals surface area contributed by atoms with Gasteiger partial charge >= 0.3 is 5.97 Å². The number of carbonyl (C=O) groups is 3. The fraction of sp³-hybridized carbons (Fsp3) is 0.208. The van der Waals surface area contributed by atoms with Crippen LogP contribution in [0.1, 0.15) is 23.2 Å². The number of hydrogen-bond acceptors (Lipinski definition) is 5. The van der Waals surface area contributed by atoms with Crippen LogP contribution in [0.4, 0.5) is 5.69 Å². The average molecular weight is 418 g/mol. The number of esters is 1. The number of carbonyl (C=O) groups excluding carboxylic acids is 3. The molecule has 0 heterocycles. The minimum Gasteiger partial charge on any atom is -0.482 e. The van der Waals surface area contributed by atoms with Crippen LogP contribution in [0.15, 0.2) is 66.7 Å². The molecule has 0 unspecified atom stereocenters. The second-order valence-corrected chi connectivity index (χ2v) is 7.30. The third-order valence-electron chi connectivity index (χ3n) is 4.80. The van der Waals surface area contributed by atoms with Crippen molar-refractivity contribution in [3.8, 4) is 5.75 Å². The Morgan fingerprint density at radius 2 is 1.61 bits per heavy atom. The van der Waals surface area contributed by atoms with Crippen LogP contribution in [0, 0.1) is 0 Å². The zero-order chi connectivity index (χ0) is 21.6. The van der Waals surface area contributed by atoms with Gasteiger partial charge in [0, 0.05) is 6.04 Å². The Kier molecular flexibility index (Phi) is 6.12. The molecular weight excluding hydrogens is 396 g/mol. The molecular formula is C24H22N2O5. The van der Waals surface area contributed by atoms with Gasteiger partial charge in [-0.3, -0.25) is 9.59 Å². The van der Waals surface area contributed by atoms with Crippen molar-refractivity contribution in [1.82, 2.24) is 5.32 Å². The highest BCUT2D eigenvalue weighted by Crippen LogP contribution is 2.22. The van der Waals surface area contributed by atoms with Gasteiger partial charge < -0.3 is 20.1 Å². The lowest BCUT2D eigenvalue weighted by molar-refractivity contribution is -0.149. The fourth-order valence-electron chi connectivity index (χ4n) is 3.05. The summed E-state index contributed by atoms with van der Waals surface area (Å²) in [5, 5.41) is 7.57. The summed E-state index contributed by atoms with van der Waals surface area (Å²) < 4.78 is 10.4. The van der Waals surface area contributed by atoms with Crippen molar-refractivity contribution in [3.63, 3.8) is 0 Å². The van der Waals surface area contributed by atoms with Crippen molar-refractivity contribution < 1.29 is 23.9 Å². The molecule has 1 fully saturated rings. The van der Waals surface area contributed by atoms with Crippen LogP contribution in [0.2, 0.25) is 0 Å². The number of hydrogen-bond donors (Lipinski definition) is 2. The zero-order valence-electron chi connectivity index (χ0n) is 16.8. The molecule has 4 rings (SSSR count). The first kappa shape index (κ1) is 20.4. The van der Waals surface area contributed by atoms with Crippen LogP contribution in [-0.2, 0) is 14.3 Å². The predicted octanol–water partition coefficient (Wildman–Crippen LogP) is 3.29. The van der Waals surface area contributed by atoms with Crippen LogP contribution in [0.5, 0.6) is 5.75 Å². The van der Waals surface area contributed by atoms with Crippen molar-refractivity contribution in [2.75, 3.05) is 18.5 Å². The summed E-state index contributed by atoms with van der Waals surface area (Å²) in [5.74, 6) is -0.899. The maximum Gasteiger partial charge on any atom is 0.344 e. The molecule has 3 aromatic rings. The van der Waals surface area contributed by atoms with Gasteiger partial charge in [-0.05, 0) is 47.9 Å². The Morgan fingerprint density at radius 1 is 0.871 bits per heavy atom. The summed E-state index contributed by atoms with van der Waals surface area (Å²) in [5.41, 5.74) is 0.739. The lowest BCUT2D eigenvalue weighted by Crippen LogP contribution is -2.28. The number of para-hydroxylation sites is 1. The third-order valence-corrected chi connectivity index (χ3v) is 4.80. The van der Waals surface area contributed by atoms with E-state index in [1.165, 1.54) is 0 Å². The monoisotopic (exact) mass is 418 g/mol. The SMILES string of the molecule is O=C(COC(=O)COc1ccc2ccccc2c1)Nc1ccccc1C(=O)NC1CC1. The minimum absolute atomic E-state index is 0.208. The molecule has 0 spiro atoms. The number of ether oxygens (including phenoxy) is 2. The largest absolute Gasteiger partial charge is 0.482 e. The van der Waals surface area contributed by atoms with E-state index in [4.69, 9.17) is 9.47 Å². The number of rotatable bonds is 8. The molecule has 0 bridgehead atoms. The fourth-order valence-corrected chi connectivity index (χ4v) is 3.05. The average Bonchev–Trinajstić information content (AvgIpc) is 3.60. The van der Waals surface area contributed by atoms with Crippen molar-refractivity contribution in [2.24, 2.45) is 0 Å². The Morgan fingerprint density at radius 3 is 2.42 bits per heavy atom. The lowest BCUT2D eigenvalue weighted by atomic mass is 10.1. The van der Waals surface area contributed by atoms with E-state index < -0.39 is 18.5 Å². The molecule has 0 aromatic heterocycles. The van der Waals surface area contributed by atoms with Gasteiger partial charge in [0.05, 0.1) is 11.3 Å². The highest BCUT2D eigenvalue weighted by atomic mass is 16.6. The lowest BCUT2D eigenvalue weighted by Gasteiger charge is -2.11. The molecule has 2 N–H and O–H groups in total. The second-order valence-electron chi connectivity index (χ2n) is 7.30. The summed E-state index contributed by atoms with van der Waals surface area (Å²) in [6.45, 7) is -0.787. The highest BCUT2D eigenvalue weighted by Gasteiger charge is 2.25. The van der Waals surface area contributed by atoms with Gasteiger partial charge in [0.1, 0.15) is 5.75 Å². The molecule has 1 aliphatic rings. The van der Waals surface area contributed by atoms with E-state index in [2.05, 4.69) is 10.6 Å². The van der Waals surface area contributed by atoms with Crippen molar-refractivity contribution in [3.05, 3.63) is 72.3 Å². The van der Waals surface area contributed by atoms with Crippen molar-refractivity contribution >= 4 is 34.2 Å². The molecule has 2 amide bonds. The quantitative estimate of drug-likeness (QED) is 0.548. The second kappa shape index (κ2) is 9.30. The van der Waals surface area contributed by atoms with Gasteiger partial charge in [0.15, 0.2) is 13.2 Å². The van der Waals surface area contributed by atoms with E-state index in [-0.39, 0.29) is 18.6 Å². The van der Waals surface area contributed by atoms with E-state index >= 15 is 0 Å². The van der Waals surface area contributed by atoms with Gasteiger partial charge in [0.2, 0.25) is 0 Å². The molecule has 3 aromatic carbocycles. The Bertz CT molecular complexity index is 1120. The van der Waals surface area contributed by atoms with Crippen LogP contribution >= 0.6 is 0 Å². The minimum atomic E-state index is -0.664. The molecule has 0 aliphatic heterocycles. The third kappa shape index (κ3) is 5.60. The first-order valence-electron chi connectivity index (χ1n) is 10.1. The first-order valence-corrected chi connectivity index (χ1v) is 10.1. The maximum atomic E-state index is 12.3. The summed E-state index contributed by atoms with van der Waals surface area (Å²) in [4.78, 5) is 36.4. The van der Waals surface area contributed by atoms with E-state index in [0.29, 0.717) is 17.0 Å². The van der Waals surface area contributed by atoms with E-state index in [9.17, 15) is 14.4 Å². The number of fused-ring (bicyclic) bond motifs is 1. The molecule has 7 heteroatoms. The van der Waals surface area contributed by atoms with Crippen LogP contribution in [0.25, 0.3) is 10.8 Å². The van der Waals surface area contributed by atoms with Crippen molar-refractivity contribution in [1.29, 1.82) is 0 Å². The molecule has 31 heavy (non-hydrogen) atoms. The van der Waals surface area contributed by atoms with Crippen molar-refractivity contribution in [2.45, 2.75) is 18.9 Å². The summed E-state index contributed by atoms with van der Waals surface area (Å²) in [6.07, 6.45) is 1.94. The highest BCUT2D eigenvalue weighted by molar-refractivity contribution is 6.04. The Hall–Kier alpha value is -3.87. The molecule has 0 saturated heterocycles. The molecule has 158 valence electrons. The van der Waals surface area contributed by atoms with Crippen LogP contribution in [-0.4, -0.2) is 37.0 Å². The topological polar surface area (TPSA) is 93.7 Å². The molecule has 0 atom stereocenters. The van der Waals surface area contributed by atoms with Gasteiger partial charge in [-0.15, -0.1) is 0 Å². The van der Waals surface area contributed by atoms with Crippen LogP contribution < -0.4 is 15.4 Å². The maximum absolute atomic E-state index is 12.3. The van der Waals surface area contributed by atoms with Gasteiger partial charge in [-0.1, -0.05) is 42.5 Å². The van der Waals surface area contributed by atoms with E-state index in [1.807, 2.05) is 36.4 Å².